The Morgan fingerprint density at radius 2 is 2.06 bits per heavy atom. The highest BCUT2D eigenvalue weighted by Crippen LogP contribution is 2.31. The van der Waals surface area contributed by atoms with Gasteiger partial charge in [0, 0.05) is 11.9 Å². The third kappa shape index (κ3) is 2.64. The summed E-state index contributed by atoms with van der Waals surface area (Å²) < 4.78 is 4.46. The van der Waals surface area contributed by atoms with Crippen LogP contribution in [-0.2, 0) is 9.53 Å². The van der Waals surface area contributed by atoms with Gasteiger partial charge >= 0.3 is 5.97 Å². The molecule has 0 aromatic heterocycles. The van der Waals surface area contributed by atoms with Gasteiger partial charge in [-0.2, -0.15) is 0 Å². The quantitative estimate of drug-likeness (QED) is 0.613. The maximum absolute atomic E-state index is 11.3. The van der Waals surface area contributed by atoms with Gasteiger partial charge in [0.2, 0.25) is 5.91 Å². The molecule has 0 fully saturated rings. The van der Waals surface area contributed by atoms with Gasteiger partial charge in [-0.05, 0) is 12.1 Å². The second kappa shape index (κ2) is 4.85. The largest absolute Gasteiger partial charge is 0.505 e. The number of phenolic OH excluding ortho intramolecular Hbond substituents is 1. The number of ether oxygens (including phenoxy) is 1. The molecule has 16 heavy (non-hydrogen) atoms. The number of carbonyl (C=O) groups excluding carboxylic acids is 2. The van der Waals surface area contributed by atoms with Crippen LogP contribution >= 0.6 is 11.6 Å². The number of anilines is 1. The Bertz CT molecular complexity index is 445. The SMILES string of the molecule is COC(=O)c1cc(Cl)cc(NC(C)=O)c1O. The van der Waals surface area contributed by atoms with Crippen molar-refractivity contribution in [2.45, 2.75) is 6.92 Å². The number of hydrogen-bond donors (Lipinski definition) is 2. The lowest BCUT2D eigenvalue weighted by Crippen LogP contribution is -2.08. The van der Waals surface area contributed by atoms with E-state index in [4.69, 9.17) is 11.6 Å². The van der Waals surface area contributed by atoms with E-state index in [9.17, 15) is 14.7 Å². The summed E-state index contributed by atoms with van der Waals surface area (Å²) in [6.07, 6.45) is 0. The van der Waals surface area contributed by atoms with E-state index < -0.39 is 5.97 Å². The van der Waals surface area contributed by atoms with Crippen molar-refractivity contribution in [2.24, 2.45) is 0 Å². The first-order valence-electron chi connectivity index (χ1n) is 4.34. The van der Waals surface area contributed by atoms with E-state index in [0.29, 0.717) is 0 Å². The Kier molecular flexibility index (Phi) is 3.73. The molecule has 1 rings (SSSR count). The molecule has 5 nitrogen and oxygen atoms in total. The summed E-state index contributed by atoms with van der Waals surface area (Å²) in [5.41, 5.74) is -0.0286. The van der Waals surface area contributed by atoms with Crippen molar-refractivity contribution in [1.29, 1.82) is 0 Å². The maximum atomic E-state index is 11.3. The maximum Gasteiger partial charge on any atom is 0.341 e. The standard InChI is InChI=1S/C10H10ClNO4/c1-5(13)12-8-4-6(11)3-7(9(8)14)10(15)16-2/h3-4,14H,1-2H3,(H,12,13). The van der Waals surface area contributed by atoms with Crippen molar-refractivity contribution in [3.05, 3.63) is 22.7 Å². The minimum Gasteiger partial charge on any atom is -0.505 e. The smallest absolute Gasteiger partial charge is 0.341 e. The molecule has 1 aromatic rings. The summed E-state index contributed by atoms with van der Waals surface area (Å²) in [4.78, 5) is 22.1. The number of esters is 1. The van der Waals surface area contributed by atoms with Crippen molar-refractivity contribution >= 4 is 29.2 Å². The second-order valence-electron chi connectivity index (χ2n) is 3.02. The fourth-order valence-corrected chi connectivity index (χ4v) is 1.37. The van der Waals surface area contributed by atoms with Gasteiger partial charge in [0.1, 0.15) is 5.56 Å². The molecule has 0 unspecified atom stereocenters. The normalized spacial score (nSPS) is 9.69. The lowest BCUT2D eigenvalue weighted by atomic mass is 10.1. The van der Waals surface area contributed by atoms with Crippen LogP contribution in [0.15, 0.2) is 12.1 Å². The minimum atomic E-state index is -0.730. The van der Waals surface area contributed by atoms with E-state index in [1.54, 1.807) is 0 Å². The number of hydrogen-bond acceptors (Lipinski definition) is 4. The van der Waals surface area contributed by atoms with Gasteiger partial charge in [-0.25, -0.2) is 4.79 Å². The monoisotopic (exact) mass is 243 g/mol. The van der Waals surface area contributed by atoms with Crippen LogP contribution in [0.3, 0.4) is 0 Å². The summed E-state index contributed by atoms with van der Waals surface area (Å²) in [6.45, 7) is 1.28. The lowest BCUT2D eigenvalue weighted by molar-refractivity contribution is -0.114. The molecule has 0 saturated heterocycles. The van der Waals surface area contributed by atoms with Crippen LogP contribution in [0.5, 0.6) is 5.75 Å². The molecule has 2 N–H and O–H groups in total. The number of benzene rings is 1. The highest BCUT2D eigenvalue weighted by molar-refractivity contribution is 6.31. The van der Waals surface area contributed by atoms with Crippen LogP contribution in [0.25, 0.3) is 0 Å². The number of aromatic hydroxyl groups is 1. The molecule has 0 aliphatic carbocycles. The van der Waals surface area contributed by atoms with Gasteiger partial charge in [-0.1, -0.05) is 11.6 Å². The molecule has 1 aromatic carbocycles. The zero-order valence-corrected chi connectivity index (χ0v) is 9.46. The Morgan fingerprint density at radius 1 is 1.44 bits per heavy atom. The molecule has 0 radical (unpaired) electrons. The molecule has 0 saturated carbocycles. The third-order valence-electron chi connectivity index (χ3n) is 1.79. The van der Waals surface area contributed by atoms with Crippen molar-refractivity contribution in [3.63, 3.8) is 0 Å². The minimum absolute atomic E-state index is 0.0698. The first-order chi connectivity index (χ1) is 7.45. The molecule has 0 aliphatic heterocycles. The summed E-state index contributed by atoms with van der Waals surface area (Å²) in [5.74, 6) is -1.48. The molecule has 86 valence electrons. The molecular formula is C10H10ClNO4. The van der Waals surface area contributed by atoms with Gasteiger partial charge < -0.3 is 15.2 Å². The summed E-state index contributed by atoms with van der Waals surface area (Å²) in [6, 6.07) is 2.60. The number of nitrogens with one attached hydrogen (secondary N) is 1. The molecule has 1 amide bonds. The summed E-state index contributed by atoms with van der Waals surface area (Å²) in [5, 5.41) is 12.3. The molecule has 0 spiro atoms. The number of methoxy groups -OCH3 is 1. The highest BCUT2D eigenvalue weighted by Gasteiger charge is 2.17. The third-order valence-corrected chi connectivity index (χ3v) is 2.01. The number of amides is 1. The Labute approximate surface area is 97.0 Å². The van der Waals surface area contributed by atoms with Crippen LogP contribution < -0.4 is 5.32 Å². The molecule has 0 bridgehead atoms. The summed E-state index contributed by atoms with van der Waals surface area (Å²) >= 11 is 5.74. The van der Waals surface area contributed by atoms with Crippen molar-refractivity contribution in [1.82, 2.24) is 0 Å². The zero-order chi connectivity index (χ0) is 12.3. The van der Waals surface area contributed by atoms with Crippen molar-refractivity contribution in [3.8, 4) is 5.75 Å². The Balaban J connectivity index is 3.25. The van der Waals surface area contributed by atoms with Crippen LogP contribution in [0.4, 0.5) is 5.69 Å². The average molecular weight is 244 g/mol. The number of phenols is 1. The fraction of sp³-hybridized carbons (Fsp3) is 0.200. The van der Waals surface area contributed by atoms with E-state index in [-0.39, 0.29) is 27.9 Å². The Morgan fingerprint density at radius 3 is 2.56 bits per heavy atom. The number of carbonyl (C=O) groups is 2. The predicted molar refractivity (Wildman–Crippen MR) is 58.8 cm³/mol. The van der Waals surface area contributed by atoms with Gasteiger partial charge in [0.05, 0.1) is 12.8 Å². The number of halogens is 1. The first-order valence-corrected chi connectivity index (χ1v) is 4.72. The second-order valence-corrected chi connectivity index (χ2v) is 3.46. The van der Waals surface area contributed by atoms with E-state index in [1.807, 2.05) is 0 Å². The van der Waals surface area contributed by atoms with Gasteiger partial charge in [-0.3, -0.25) is 4.79 Å². The number of rotatable bonds is 2. The molecular weight excluding hydrogens is 234 g/mol. The molecule has 6 heteroatoms. The van der Waals surface area contributed by atoms with Crippen LogP contribution in [0.1, 0.15) is 17.3 Å². The van der Waals surface area contributed by atoms with Crippen LogP contribution in [-0.4, -0.2) is 24.1 Å². The summed E-state index contributed by atoms with van der Waals surface area (Å²) in [7, 11) is 1.18. The van der Waals surface area contributed by atoms with Crippen LogP contribution in [0, 0.1) is 0 Å². The van der Waals surface area contributed by atoms with Gasteiger partial charge in [0.25, 0.3) is 0 Å². The van der Waals surface area contributed by atoms with Crippen molar-refractivity contribution < 1.29 is 19.4 Å². The van der Waals surface area contributed by atoms with E-state index in [1.165, 1.54) is 26.2 Å². The van der Waals surface area contributed by atoms with Crippen LogP contribution in [0.2, 0.25) is 5.02 Å². The van der Waals surface area contributed by atoms with E-state index >= 15 is 0 Å². The lowest BCUT2D eigenvalue weighted by Gasteiger charge is -2.09. The van der Waals surface area contributed by atoms with Gasteiger partial charge in [-0.15, -0.1) is 0 Å². The topological polar surface area (TPSA) is 75.6 Å². The van der Waals surface area contributed by atoms with Crippen molar-refractivity contribution in [2.75, 3.05) is 12.4 Å². The van der Waals surface area contributed by atoms with Gasteiger partial charge in [0.15, 0.2) is 5.75 Å². The Hall–Kier alpha value is -1.75. The molecule has 0 heterocycles. The highest BCUT2D eigenvalue weighted by atomic mass is 35.5. The zero-order valence-electron chi connectivity index (χ0n) is 8.70. The predicted octanol–water partition coefficient (Wildman–Crippen LogP) is 1.79. The van der Waals surface area contributed by atoms with E-state index in [0.717, 1.165) is 0 Å². The fourth-order valence-electron chi connectivity index (χ4n) is 1.15. The molecule has 0 aliphatic rings. The van der Waals surface area contributed by atoms with E-state index in [2.05, 4.69) is 10.1 Å². The first kappa shape index (κ1) is 12.3. The average Bonchev–Trinajstić information content (AvgIpc) is 2.21. The molecule has 0 atom stereocenters.